The van der Waals surface area contributed by atoms with Gasteiger partial charge in [-0.2, -0.15) is 0 Å². The molecule has 4 rings (SSSR count). The first kappa shape index (κ1) is 13.5. The van der Waals surface area contributed by atoms with Crippen LogP contribution in [0.2, 0.25) is 0 Å². The molecule has 1 aromatic rings. The summed E-state index contributed by atoms with van der Waals surface area (Å²) in [6.45, 7) is 1.05. The van der Waals surface area contributed by atoms with Gasteiger partial charge in [-0.05, 0) is 12.0 Å². The first-order chi connectivity index (χ1) is 10.6. The average Bonchev–Trinajstić information content (AvgIpc) is 3.14. The van der Waals surface area contributed by atoms with Crippen LogP contribution >= 0.6 is 0 Å². The summed E-state index contributed by atoms with van der Waals surface area (Å²) < 4.78 is 5.86. The van der Waals surface area contributed by atoms with Crippen LogP contribution in [0.4, 0.5) is 0 Å². The van der Waals surface area contributed by atoms with E-state index in [0.29, 0.717) is 13.1 Å². The van der Waals surface area contributed by atoms with Crippen molar-refractivity contribution in [1.82, 2.24) is 4.90 Å². The number of hydrogen-bond acceptors (Lipinski definition) is 3. The molecule has 0 saturated carbocycles. The van der Waals surface area contributed by atoms with Crippen LogP contribution in [0, 0.1) is 11.8 Å². The molecular formula is C17H17NO4. The van der Waals surface area contributed by atoms with Gasteiger partial charge in [-0.3, -0.25) is 9.59 Å². The van der Waals surface area contributed by atoms with Crippen molar-refractivity contribution in [3.8, 4) is 0 Å². The lowest BCUT2D eigenvalue weighted by Crippen LogP contribution is -2.39. The molecule has 4 atom stereocenters. The largest absolute Gasteiger partial charge is 0.481 e. The minimum atomic E-state index is -0.945. The van der Waals surface area contributed by atoms with Crippen molar-refractivity contribution in [3.63, 3.8) is 0 Å². The molecule has 5 heteroatoms. The highest BCUT2D eigenvalue weighted by Gasteiger charge is 2.66. The van der Waals surface area contributed by atoms with E-state index in [9.17, 15) is 14.7 Å². The highest BCUT2D eigenvalue weighted by molar-refractivity contribution is 5.90. The Morgan fingerprint density at radius 3 is 2.86 bits per heavy atom. The third kappa shape index (κ3) is 1.82. The normalized spacial score (nSPS) is 35.2. The zero-order valence-corrected chi connectivity index (χ0v) is 12.0. The number of fused-ring (bicyclic) bond motifs is 1. The van der Waals surface area contributed by atoms with Crippen LogP contribution in [-0.2, 0) is 20.7 Å². The fourth-order valence-corrected chi connectivity index (χ4v) is 3.96. The molecule has 0 radical (unpaired) electrons. The van der Waals surface area contributed by atoms with Gasteiger partial charge in [0.05, 0.1) is 18.6 Å². The zero-order chi connectivity index (χ0) is 15.3. The monoisotopic (exact) mass is 299 g/mol. The van der Waals surface area contributed by atoms with Gasteiger partial charge >= 0.3 is 5.97 Å². The van der Waals surface area contributed by atoms with Crippen LogP contribution in [0.5, 0.6) is 0 Å². The summed E-state index contributed by atoms with van der Waals surface area (Å²) in [4.78, 5) is 25.9. The zero-order valence-electron chi connectivity index (χ0n) is 12.0. The maximum absolute atomic E-state index is 12.7. The third-order valence-corrected chi connectivity index (χ3v) is 4.98. The second kappa shape index (κ2) is 4.68. The number of ether oxygens (including phenoxy) is 1. The van der Waals surface area contributed by atoms with Crippen molar-refractivity contribution in [2.45, 2.75) is 18.1 Å². The number of carboxylic acid groups (broad SMARTS) is 1. The highest BCUT2D eigenvalue weighted by atomic mass is 16.5. The second-order valence-electron chi connectivity index (χ2n) is 6.23. The number of aliphatic carboxylic acids is 1. The van der Waals surface area contributed by atoms with Gasteiger partial charge < -0.3 is 14.7 Å². The quantitative estimate of drug-likeness (QED) is 0.845. The molecule has 1 spiro atoms. The van der Waals surface area contributed by atoms with Crippen molar-refractivity contribution in [3.05, 3.63) is 48.0 Å². The summed E-state index contributed by atoms with van der Waals surface area (Å²) in [5.41, 5.74) is 0.446. The van der Waals surface area contributed by atoms with E-state index in [1.807, 2.05) is 36.4 Å². The molecule has 5 nitrogen and oxygen atoms in total. The number of carbonyl (C=O) groups excluding carboxylic acids is 1. The van der Waals surface area contributed by atoms with E-state index in [-0.39, 0.29) is 5.91 Å². The smallest absolute Gasteiger partial charge is 0.310 e. The Hall–Kier alpha value is -2.14. The van der Waals surface area contributed by atoms with E-state index in [4.69, 9.17) is 4.74 Å². The van der Waals surface area contributed by atoms with Gasteiger partial charge in [-0.15, -0.1) is 0 Å². The van der Waals surface area contributed by atoms with Crippen molar-refractivity contribution in [1.29, 1.82) is 0 Å². The number of rotatable bonds is 4. The molecule has 2 saturated heterocycles. The molecule has 22 heavy (non-hydrogen) atoms. The minimum Gasteiger partial charge on any atom is -0.481 e. The summed E-state index contributed by atoms with van der Waals surface area (Å²) in [5.74, 6) is -2.36. The molecule has 3 heterocycles. The summed E-state index contributed by atoms with van der Waals surface area (Å²) in [5, 5.41) is 9.41. The standard InChI is InChI=1S/C17H17NO4/c19-15-14-13(16(20)21)12-6-8-17(14,22-12)10-18(15)9-7-11-4-2-1-3-5-11/h1-6,8,12-14H,7,9-10H2,(H,20,21)/t12-,13?,14?,17-/m1/s1. The molecule has 1 N–H and O–H groups in total. The number of likely N-dealkylation sites (tertiary alicyclic amines) is 1. The number of hydrogen-bond donors (Lipinski definition) is 1. The molecule has 2 unspecified atom stereocenters. The van der Waals surface area contributed by atoms with Crippen molar-refractivity contribution >= 4 is 11.9 Å². The SMILES string of the molecule is O=C(O)C1C2C(=O)N(CCc3ccccc3)C[C@]23C=C[C@H]1O3. The number of benzene rings is 1. The topological polar surface area (TPSA) is 66.8 Å². The molecule has 3 aliphatic rings. The molecule has 1 amide bonds. The molecule has 2 fully saturated rings. The van der Waals surface area contributed by atoms with Gasteiger partial charge in [0.15, 0.2) is 0 Å². The van der Waals surface area contributed by atoms with Gasteiger partial charge in [0.2, 0.25) is 5.91 Å². The molecule has 2 bridgehead atoms. The Kier molecular flexibility index (Phi) is 2.87. The maximum atomic E-state index is 12.7. The Labute approximate surface area is 128 Å². The van der Waals surface area contributed by atoms with E-state index in [1.54, 1.807) is 11.0 Å². The van der Waals surface area contributed by atoms with Gasteiger partial charge in [0.25, 0.3) is 0 Å². The van der Waals surface area contributed by atoms with Crippen LogP contribution in [0.15, 0.2) is 42.5 Å². The first-order valence-electron chi connectivity index (χ1n) is 7.53. The average molecular weight is 299 g/mol. The van der Waals surface area contributed by atoms with Gasteiger partial charge in [-0.25, -0.2) is 0 Å². The Bertz CT molecular complexity index is 656. The first-order valence-corrected chi connectivity index (χ1v) is 7.53. The van der Waals surface area contributed by atoms with Crippen LogP contribution in [0.3, 0.4) is 0 Å². The Morgan fingerprint density at radius 2 is 2.14 bits per heavy atom. The van der Waals surface area contributed by atoms with Gasteiger partial charge in [0, 0.05) is 6.54 Å². The third-order valence-electron chi connectivity index (χ3n) is 4.98. The van der Waals surface area contributed by atoms with Crippen LogP contribution in [0.25, 0.3) is 0 Å². The number of amides is 1. The molecular weight excluding hydrogens is 282 g/mol. The minimum absolute atomic E-state index is 0.0878. The molecule has 114 valence electrons. The molecule has 0 aliphatic carbocycles. The van der Waals surface area contributed by atoms with Crippen LogP contribution < -0.4 is 0 Å². The van der Waals surface area contributed by atoms with Crippen LogP contribution in [-0.4, -0.2) is 46.7 Å². The summed E-state index contributed by atoms with van der Waals surface area (Å²) >= 11 is 0. The number of carbonyl (C=O) groups is 2. The van der Waals surface area contributed by atoms with Crippen LogP contribution in [0.1, 0.15) is 5.56 Å². The number of nitrogens with zero attached hydrogens (tertiary/aromatic N) is 1. The van der Waals surface area contributed by atoms with E-state index in [2.05, 4.69) is 0 Å². The van der Waals surface area contributed by atoms with E-state index in [0.717, 1.165) is 6.42 Å². The lowest BCUT2D eigenvalue weighted by molar-refractivity contribution is -0.148. The molecule has 3 aliphatic heterocycles. The lowest BCUT2D eigenvalue weighted by atomic mass is 9.77. The van der Waals surface area contributed by atoms with Gasteiger partial charge in [0.1, 0.15) is 11.5 Å². The fourth-order valence-electron chi connectivity index (χ4n) is 3.96. The van der Waals surface area contributed by atoms with Crippen molar-refractivity contribution < 1.29 is 19.4 Å². The van der Waals surface area contributed by atoms with Crippen molar-refractivity contribution in [2.75, 3.05) is 13.1 Å². The second-order valence-corrected chi connectivity index (χ2v) is 6.23. The highest BCUT2D eigenvalue weighted by Crippen LogP contribution is 2.51. The Balaban J connectivity index is 1.53. The number of carboxylic acids is 1. The summed E-state index contributed by atoms with van der Waals surface area (Å²) in [7, 11) is 0. The van der Waals surface area contributed by atoms with E-state index >= 15 is 0 Å². The van der Waals surface area contributed by atoms with Crippen molar-refractivity contribution in [2.24, 2.45) is 11.8 Å². The fraction of sp³-hybridized carbons (Fsp3) is 0.412. The molecule has 1 aromatic carbocycles. The predicted molar refractivity (Wildman–Crippen MR) is 78.1 cm³/mol. The van der Waals surface area contributed by atoms with Gasteiger partial charge in [-0.1, -0.05) is 42.5 Å². The Morgan fingerprint density at radius 1 is 1.36 bits per heavy atom. The predicted octanol–water partition coefficient (Wildman–Crippen LogP) is 1.10. The lowest BCUT2D eigenvalue weighted by Gasteiger charge is -2.21. The summed E-state index contributed by atoms with van der Waals surface area (Å²) in [6.07, 6.45) is 3.99. The van der Waals surface area contributed by atoms with E-state index in [1.165, 1.54) is 5.56 Å². The van der Waals surface area contributed by atoms with E-state index < -0.39 is 29.5 Å². The summed E-state index contributed by atoms with van der Waals surface area (Å²) in [6, 6.07) is 9.97. The maximum Gasteiger partial charge on any atom is 0.310 e. The molecule has 0 aromatic heterocycles.